The number of aromatic nitrogens is 2. The summed E-state index contributed by atoms with van der Waals surface area (Å²) in [6.45, 7) is 1.48. The molecule has 1 heterocycles. The topological polar surface area (TPSA) is 110 Å². The lowest BCUT2D eigenvalue weighted by Gasteiger charge is -2.23. The first-order valence-electron chi connectivity index (χ1n) is 9.20. The molecule has 2 N–H and O–H groups in total. The van der Waals surface area contributed by atoms with Crippen LogP contribution in [0.5, 0.6) is 5.75 Å². The maximum Gasteiger partial charge on any atom is 0.270 e. The molecule has 8 nitrogen and oxygen atoms in total. The van der Waals surface area contributed by atoms with Crippen LogP contribution in [-0.2, 0) is 0 Å². The van der Waals surface area contributed by atoms with Crippen molar-refractivity contribution in [2.24, 2.45) is 0 Å². The molecule has 4 rings (SSSR count). The summed E-state index contributed by atoms with van der Waals surface area (Å²) < 4.78 is 1.79. The largest absolute Gasteiger partial charge is 0.508 e. The Kier molecular flexibility index (Phi) is 4.89. The van der Waals surface area contributed by atoms with Gasteiger partial charge in [0.15, 0.2) is 5.78 Å². The highest BCUT2D eigenvalue weighted by Gasteiger charge is 2.22. The van der Waals surface area contributed by atoms with Crippen molar-refractivity contribution >= 4 is 28.2 Å². The van der Waals surface area contributed by atoms with Crippen LogP contribution in [0.4, 0.5) is 11.4 Å². The van der Waals surface area contributed by atoms with Crippen LogP contribution in [0.15, 0.2) is 73.1 Å². The predicted molar refractivity (Wildman–Crippen MR) is 113 cm³/mol. The number of nitrogens with one attached hydrogen (secondary N) is 1. The average molecular weight is 402 g/mol. The van der Waals surface area contributed by atoms with Gasteiger partial charge in [0, 0.05) is 28.9 Å². The first-order valence-corrected chi connectivity index (χ1v) is 9.20. The molecular formula is C22H18N4O4. The first-order chi connectivity index (χ1) is 14.4. The zero-order valence-electron chi connectivity index (χ0n) is 16.0. The van der Waals surface area contributed by atoms with E-state index in [0.717, 1.165) is 11.0 Å². The number of hydrogen-bond donors (Lipinski definition) is 2. The number of fused-ring (bicyclic) bond motifs is 1. The van der Waals surface area contributed by atoms with Gasteiger partial charge in [0.2, 0.25) is 0 Å². The van der Waals surface area contributed by atoms with Crippen molar-refractivity contribution in [1.29, 1.82) is 0 Å². The molecule has 1 atom stereocenters. The molecular weight excluding hydrogens is 384 g/mol. The minimum atomic E-state index is -0.709. The summed E-state index contributed by atoms with van der Waals surface area (Å²) in [7, 11) is 0. The Bertz CT molecular complexity index is 1260. The SMILES string of the molecule is CC(=O)c1cccc(NC(c2cc([N+](=O)[O-])ccc2O)n2cnc3ccccc32)c1. The smallest absolute Gasteiger partial charge is 0.270 e. The summed E-state index contributed by atoms with van der Waals surface area (Å²) >= 11 is 0. The molecule has 4 aromatic rings. The third-order valence-corrected chi connectivity index (χ3v) is 4.85. The fourth-order valence-electron chi connectivity index (χ4n) is 3.34. The zero-order chi connectivity index (χ0) is 21.3. The van der Waals surface area contributed by atoms with E-state index in [0.29, 0.717) is 16.8 Å². The fraction of sp³-hybridized carbons (Fsp3) is 0.0909. The maximum atomic E-state index is 11.8. The number of nitro groups is 1. The van der Waals surface area contributed by atoms with E-state index < -0.39 is 11.1 Å². The molecule has 1 unspecified atom stereocenters. The molecule has 0 fully saturated rings. The molecule has 0 radical (unpaired) electrons. The van der Waals surface area contributed by atoms with E-state index in [-0.39, 0.29) is 17.2 Å². The number of aromatic hydroxyl groups is 1. The van der Waals surface area contributed by atoms with Crippen LogP contribution in [0.2, 0.25) is 0 Å². The predicted octanol–water partition coefficient (Wildman–Crippen LogP) is 4.51. The zero-order valence-corrected chi connectivity index (χ0v) is 16.0. The van der Waals surface area contributed by atoms with Crippen LogP contribution in [0.25, 0.3) is 11.0 Å². The van der Waals surface area contributed by atoms with Gasteiger partial charge < -0.3 is 15.0 Å². The molecule has 0 aliphatic rings. The quantitative estimate of drug-likeness (QED) is 0.279. The molecule has 8 heteroatoms. The van der Waals surface area contributed by atoms with Gasteiger partial charge in [-0.05, 0) is 37.3 Å². The lowest BCUT2D eigenvalue weighted by atomic mass is 10.1. The van der Waals surface area contributed by atoms with E-state index in [1.54, 1.807) is 35.2 Å². The van der Waals surface area contributed by atoms with Gasteiger partial charge in [0.25, 0.3) is 5.69 Å². The number of ketones is 1. The fourth-order valence-corrected chi connectivity index (χ4v) is 3.34. The number of para-hydroxylation sites is 2. The highest BCUT2D eigenvalue weighted by Crippen LogP contribution is 2.33. The Balaban J connectivity index is 1.88. The maximum absolute atomic E-state index is 11.8. The Morgan fingerprint density at radius 1 is 1.13 bits per heavy atom. The second kappa shape index (κ2) is 7.67. The van der Waals surface area contributed by atoms with Crippen LogP contribution in [0.1, 0.15) is 29.0 Å². The molecule has 0 saturated carbocycles. The van der Waals surface area contributed by atoms with Gasteiger partial charge in [-0.15, -0.1) is 0 Å². The summed E-state index contributed by atoms with van der Waals surface area (Å²) in [6.07, 6.45) is 0.898. The van der Waals surface area contributed by atoms with Crippen molar-refractivity contribution in [3.8, 4) is 5.75 Å². The second-order valence-electron chi connectivity index (χ2n) is 6.82. The number of benzene rings is 3. The van der Waals surface area contributed by atoms with Crippen molar-refractivity contribution in [2.45, 2.75) is 13.1 Å². The molecule has 0 bridgehead atoms. The minimum absolute atomic E-state index is 0.0820. The molecule has 3 aromatic carbocycles. The molecule has 150 valence electrons. The molecule has 0 amide bonds. The summed E-state index contributed by atoms with van der Waals surface area (Å²) in [5.41, 5.74) is 2.83. The van der Waals surface area contributed by atoms with Gasteiger partial charge >= 0.3 is 0 Å². The van der Waals surface area contributed by atoms with Gasteiger partial charge in [-0.2, -0.15) is 0 Å². The highest BCUT2D eigenvalue weighted by atomic mass is 16.6. The number of non-ortho nitro benzene ring substituents is 1. The lowest BCUT2D eigenvalue weighted by molar-refractivity contribution is -0.385. The lowest BCUT2D eigenvalue weighted by Crippen LogP contribution is -2.19. The minimum Gasteiger partial charge on any atom is -0.508 e. The van der Waals surface area contributed by atoms with Gasteiger partial charge in [-0.25, -0.2) is 4.98 Å². The summed E-state index contributed by atoms with van der Waals surface area (Å²) in [5, 5.41) is 25.1. The highest BCUT2D eigenvalue weighted by molar-refractivity contribution is 5.95. The number of Topliss-reactive ketones (excluding diaryl/α,β-unsaturated/α-hetero) is 1. The van der Waals surface area contributed by atoms with Crippen LogP contribution >= 0.6 is 0 Å². The summed E-state index contributed by atoms with van der Waals surface area (Å²) in [4.78, 5) is 27.0. The Morgan fingerprint density at radius 2 is 1.93 bits per heavy atom. The van der Waals surface area contributed by atoms with E-state index in [1.165, 1.54) is 25.1 Å². The van der Waals surface area contributed by atoms with E-state index >= 15 is 0 Å². The Labute approximate surface area is 171 Å². The molecule has 0 saturated heterocycles. The molecule has 1 aromatic heterocycles. The number of carbonyl (C=O) groups is 1. The first kappa shape index (κ1) is 19.1. The van der Waals surface area contributed by atoms with Crippen molar-refractivity contribution in [1.82, 2.24) is 9.55 Å². The average Bonchev–Trinajstić information content (AvgIpc) is 3.16. The van der Waals surface area contributed by atoms with Gasteiger partial charge in [0.05, 0.1) is 22.3 Å². The number of imidazole rings is 1. The molecule has 30 heavy (non-hydrogen) atoms. The van der Waals surface area contributed by atoms with Crippen molar-refractivity contribution in [3.05, 3.63) is 94.3 Å². The molecule has 0 spiro atoms. The number of hydrogen-bond acceptors (Lipinski definition) is 6. The summed E-state index contributed by atoms with van der Waals surface area (Å²) in [6, 6.07) is 18.3. The standard InChI is InChI=1S/C22H18N4O4/c1-14(27)15-5-4-6-16(11-15)24-22(18-12-17(26(29)30)9-10-21(18)28)25-13-23-19-7-2-3-8-20(19)25/h2-13,22,24,28H,1H3. The Hall–Kier alpha value is -4.20. The van der Waals surface area contributed by atoms with E-state index in [4.69, 9.17) is 0 Å². The van der Waals surface area contributed by atoms with Crippen LogP contribution in [-0.4, -0.2) is 25.4 Å². The number of nitrogens with zero attached hydrogens (tertiary/aromatic N) is 3. The van der Waals surface area contributed by atoms with Gasteiger partial charge in [0.1, 0.15) is 11.9 Å². The number of carbonyl (C=O) groups excluding carboxylic acids is 1. The van der Waals surface area contributed by atoms with E-state index in [1.807, 2.05) is 24.3 Å². The third kappa shape index (κ3) is 3.58. The van der Waals surface area contributed by atoms with Gasteiger partial charge in [-0.1, -0.05) is 24.3 Å². The van der Waals surface area contributed by atoms with Crippen LogP contribution < -0.4 is 5.32 Å². The third-order valence-electron chi connectivity index (χ3n) is 4.85. The van der Waals surface area contributed by atoms with E-state index in [2.05, 4.69) is 10.3 Å². The number of nitro benzene ring substituents is 1. The van der Waals surface area contributed by atoms with E-state index in [9.17, 15) is 20.0 Å². The molecule has 0 aliphatic carbocycles. The number of phenols is 1. The monoisotopic (exact) mass is 402 g/mol. The Morgan fingerprint density at radius 3 is 2.70 bits per heavy atom. The number of anilines is 1. The van der Waals surface area contributed by atoms with Crippen LogP contribution in [0, 0.1) is 10.1 Å². The summed E-state index contributed by atoms with van der Waals surface area (Å²) in [5.74, 6) is -0.180. The number of phenolic OH excluding ortho intramolecular Hbond substituents is 1. The van der Waals surface area contributed by atoms with Gasteiger partial charge in [-0.3, -0.25) is 14.9 Å². The van der Waals surface area contributed by atoms with Crippen molar-refractivity contribution in [3.63, 3.8) is 0 Å². The van der Waals surface area contributed by atoms with Crippen molar-refractivity contribution in [2.75, 3.05) is 5.32 Å². The van der Waals surface area contributed by atoms with Crippen LogP contribution in [0.3, 0.4) is 0 Å². The number of rotatable bonds is 6. The molecule has 0 aliphatic heterocycles. The normalized spacial score (nSPS) is 11.9. The second-order valence-corrected chi connectivity index (χ2v) is 6.82. The van der Waals surface area contributed by atoms with Crippen molar-refractivity contribution < 1.29 is 14.8 Å².